The van der Waals surface area contributed by atoms with Crippen molar-refractivity contribution in [3.8, 4) is 45.2 Å². The second-order valence-corrected chi connectivity index (χ2v) is 12.3. The Hall–Kier alpha value is -6.65. The van der Waals surface area contributed by atoms with Crippen LogP contribution in [0.25, 0.3) is 99.5 Å². The van der Waals surface area contributed by atoms with E-state index >= 15 is 0 Å². The van der Waals surface area contributed by atoms with Gasteiger partial charge in [-0.2, -0.15) is 0 Å². The van der Waals surface area contributed by atoms with Gasteiger partial charge in [-0.1, -0.05) is 133 Å². The Bertz CT molecular complexity index is 2820. The quantitative estimate of drug-likeness (QED) is 0.183. The fourth-order valence-corrected chi connectivity index (χ4v) is 7.19. The average molecular weight is 626 g/mol. The van der Waals surface area contributed by atoms with Gasteiger partial charge in [0.25, 0.3) is 0 Å². The molecule has 0 bridgehead atoms. The molecule has 0 atom stereocenters. The Balaban J connectivity index is 1.33. The van der Waals surface area contributed by atoms with Crippen LogP contribution in [0.4, 0.5) is 0 Å². The molecule has 0 aliphatic heterocycles. The van der Waals surface area contributed by atoms with E-state index in [4.69, 9.17) is 19.4 Å². The lowest BCUT2D eigenvalue weighted by molar-refractivity contribution is 0.672. The molecule has 3 aromatic heterocycles. The number of para-hydroxylation sites is 2. The van der Waals surface area contributed by atoms with E-state index in [9.17, 15) is 0 Å². The summed E-state index contributed by atoms with van der Waals surface area (Å²) in [5, 5.41) is 7.69. The third-order valence-corrected chi connectivity index (χ3v) is 9.47. The first-order chi connectivity index (χ1) is 24.3. The number of aromatic nitrogens is 3. The number of hydrogen-bond acceptors (Lipinski definition) is 4. The zero-order chi connectivity index (χ0) is 32.3. The maximum Gasteiger partial charge on any atom is 0.162 e. The van der Waals surface area contributed by atoms with Crippen molar-refractivity contribution in [2.24, 2.45) is 0 Å². The van der Waals surface area contributed by atoms with E-state index in [1.807, 2.05) is 48.5 Å². The van der Waals surface area contributed by atoms with E-state index in [2.05, 4.69) is 115 Å². The van der Waals surface area contributed by atoms with E-state index in [0.29, 0.717) is 5.82 Å². The summed E-state index contributed by atoms with van der Waals surface area (Å²) in [5.74, 6) is 0.614. The Labute approximate surface area is 282 Å². The summed E-state index contributed by atoms with van der Waals surface area (Å²) in [6.45, 7) is 0. The van der Waals surface area contributed by atoms with Crippen molar-refractivity contribution in [1.29, 1.82) is 0 Å². The van der Waals surface area contributed by atoms with Crippen LogP contribution < -0.4 is 0 Å². The van der Waals surface area contributed by atoms with E-state index in [1.165, 1.54) is 16.2 Å². The van der Waals surface area contributed by atoms with Gasteiger partial charge in [-0.3, -0.25) is 0 Å². The second kappa shape index (κ2) is 11.0. The molecule has 0 radical (unpaired) electrons. The summed E-state index contributed by atoms with van der Waals surface area (Å²) in [7, 11) is 0. The number of hydrogen-bond donors (Lipinski definition) is 0. The molecule has 0 amide bonds. The summed E-state index contributed by atoms with van der Waals surface area (Å²) >= 11 is 0. The second-order valence-electron chi connectivity index (χ2n) is 12.3. The minimum absolute atomic E-state index is 0.614. The minimum atomic E-state index is 0.614. The standard InChI is InChI=1S/C45H27N3O/c1-3-14-28(15-4-1)38-27-39(29-16-5-2-6-17-29)47-45(46-38)36-24-13-23-35-42(36)48-43(41-34-22-11-12-25-40(34)49-44(35)41)37-26-30-18-7-8-19-31(30)32-20-9-10-21-33(32)37/h1-27H. The van der Waals surface area contributed by atoms with Crippen molar-refractivity contribution >= 4 is 54.4 Å². The van der Waals surface area contributed by atoms with Gasteiger partial charge in [0.15, 0.2) is 5.82 Å². The van der Waals surface area contributed by atoms with Crippen LogP contribution in [0, 0.1) is 0 Å². The Morgan fingerprint density at radius 2 is 1.00 bits per heavy atom. The molecule has 0 aliphatic carbocycles. The summed E-state index contributed by atoms with van der Waals surface area (Å²) in [6.07, 6.45) is 0. The molecule has 0 fully saturated rings. The van der Waals surface area contributed by atoms with Crippen molar-refractivity contribution in [1.82, 2.24) is 15.0 Å². The minimum Gasteiger partial charge on any atom is -0.455 e. The lowest BCUT2D eigenvalue weighted by atomic mass is 9.93. The molecule has 228 valence electrons. The van der Waals surface area contributed by atoms with Crippen LogP contribution in [0.5, 0.6) is 0 Å². The van der Waals surface area contributed by atoms with Gasteiger partial charge < -0.3 is 4.42 Å². The van der Waals surface area contributed by atoms with Gasteiger partial charge in [-0.15, -0.1) is 0 Å². The topological polar surface area (TPSA) is 51.8 Å². The molecule has 10 rings (SSSR count). The van der Waals surface area contributed by atoms with Gasteiger partial charge in [-0.25, -0.2) is 15.0 Å². The predicted molar refractivity (Wildman–Crippen MR) is 201 cm³/mol. The van der Waals surface area contributed by atoms with Crippen LogP contribution in [-0.2, 0) is 0 Å². The predicted octanol–water partition coefficient (Wildman–Crippen LogP) is 11.9. The lowest BCUT2D eigenvalue weighted by Gasteiger charge is -2.14. The zero-order valence-electron chi connectivity index (χ0n) is 26.3. The van der Waals surface area contributed by atoms with Crippen LogP contribution in [-0.4, -0.2) is 15.0 Å². The Morgan fingerprint density at radius 1 is 0.408 bits per heavy atom. The summed E-state index contributed by atoms with van der Waals surface area (Å²) in [5.41, 5.74) is 8.99. The molecule has 0 unspecified atom stereocenters. The molecular formula is C45H27N3O. The molecule has 4 nitrogen and oxygen atoms in total. The maximum atomic E-state index is 6.72. The number of benzene rings is 7. The van der Waals surface area contributed by atoms with Crippen molar-refractivity contribution in [3.05, 3.63) is 164 Å². The Morgan fingerprint density at radius 3 is 1.73 bits per heavy atom. The van der Waals surface area contributed by atoms with Crippen molar-refractivity contribution in [2.75, 3.05) is 0 Å². The highest BCUT2D eigenvalue weighted by molar-refractivity contribution is 6.24. The average Bonchev–Trinajstić information content (AvgIpc) is 3.58. The highest BCUT2D eigenvalue weighted by Crippen LogP contribution is 2.44. The Kier molecular flexibility index (Phi) is 6.15. The number of pyridine rings is 1. The molecule has 0 N–H and O–H groups in total. The van der Waals surface area contributed by atoms with Crippen LogP contribution in [0.2, 0.25) is 0 Å². The first kappa shape index (κ1) is 27.5. The van der Waals surface area contributed by atoms with E-state index in [1.54, 1.807) is 0 Å². The van der Waals surface area contributed by atoms with E-state index in [-0.39, 0.29) is 0 Å². The van der Waals surface area contributed by atoms with Gasteiger partial charge in [-0.05, 0) is 51.9 Å². The molecule has 0 spiro atoms. The normalized spacial score (nSPS) is 11.7. The summed E-state index contributed by atoms with van der Waals surface area (Å²) < 4.78 is 6.72. The van der Waals surface area contributed by atoms with Crippen molar-refractivity contribution in [3.63, 3.8) is 0 Å². The largest absolute Gasteiger partial charge is 0.455 e. The van der Waals surface area contributed by atoms with Crippen LogP contribution in [0.3, 0.4) is 0 Å². The van der Waals surface area contributed by atoms with E-state index in [0.717, 1.165) is 77.6 Å². The van der Waals surface area contributed by atoms with Gasteiger partial charge >= 0.3 is 0 Å². The molecule has 0 saturated heterocycles. The van der Waals surface area contributed by atoms with Crippen molar-refractivity contribution < 1.29 is 4.42 Å². The fraction of sp³-hybridized carbons (Fsp3) is 0. The molecule has 7 aromatic carbocycles. The monoisotopic (exact) mass is 625 g/mol. The van der Waals surface area contributed by atoms with Gasteiger partial charge in [0.1, 0.15) is 11.2 Å². The third-order valence-electron chi connectivity index (χ3n) is 9.47. The molecule has 49 heavy (non-hydrogen) atoms. The summed E-state index contributed by atoms with van der Waals surface area (Å²) in [4.78, 5) is 16.0. The fourth-order valence-electron chi connectivity index (χ4n) is 7.19. The highest BCUT2D eigenvalue weighted by Gasteiger charge is 2.22. The smallest absolute Gasteiger partial charge is 0.162 e. The molecular weight excluding hydrogens is 599 g/mol. The van der Waals surface area contributed by atoms with Crippen LogP contribution in [0.1, 0.15) is 0 Å². The molecule has 4 heteroatoms. The van der Waals surface area contributed by atoms with Gasteiger partial charge in [0, 0.05) is 33.0 Å². The van der Waals surface area contributed by atoms with Crippen LogP contribution in [0.15, 0.2) is 168 Å². The van der Waals surface area contributed by atoms with Crippen LogP contribution >= 0.6 is 0 Å². The van der Waals surface area contributed by atoms with Gasteiger partial charge in [0.2, 0.25) is 0 Å². The number of furan rings is 1. The third kappa shape index (κ3) is 4.42. The maximum absolute atomic E-state index is 6.72. The van der Waals surface area contributed by atoms with Gasteiger partial charge in [0.05, 0.1) is 28.0 Å². The molecule has 0 aliphatic rings. The lowest BCUT2D eigenvalue weighted by Crippen LogP contribution is -1.98. The van der Waals surface area contributed by atoms with E-state index < -0.39 is 0 Å². The molecule has 0 saturated carbocycles. The summed E-state index contributed by atoms with van der Waals surface area (Å²) in [6, 6.07) is 56.5. The highest BCUT2D eigenvalue weighted by atomic mass is 16.3. The molecule has 10 aromatic rings. The van der Waals surface area contributed by atoms with Crippen molar-refractivity contribution in [2.45, 2.75) is 0 Å². The number of fused-ring (bicyclic) bond motifs is 8. The SMILES string of the molecule is c1ccc(-c2cc(-c3ccccc3)nc(-c3cccc4c3nc(-c3cc5ccccc5c5ccccc35)c3c5ccccc5oc43)n2)cc1. The zero-order valence-corrected chi connectivity index (χ0v) is 26.3. The molecule has 3 heterocycles. The number of nitrogens with zero attached hydrogens (tertiary/aromatic N) is 3. The number of rotatable bonds is 4. The first-order valence-corrected chi connectivity index (χ1v) is 16.5. The first-order valence-electron chi connectivity index (χ1n) is 16.5.